The molecule has 1 unspecified atom stereocenters. The smallest absolute Gasteiger partial charge is 0.321 e. The van der Waals surface area contributed by atoms with Crippen molar-refractivity contribution in [3.8, 4) is 0 Å². The van der Waals surface area contributed by atoms with Gasteiger partial charge in [0.1, 0.15) is 6.61 Å². The first-order valence-corrected chi connectivity index (χ1v) is 5.89. The molecule has 20 heavy (non-hydrogen) atoms. The molecule has 0 saturated heterocycles. The van der Waals surface area contributed by atoms with E-state index >= 15 is 0 Å². The number of methoxy groups -OCH3 is 1. The van der Waals surface area contributed by atoms with E-state index in [1.165, 1.54) is 0 Å². The predicted molar refractivity (Wildman–Crippen MR) is 72.2 cm³/mol. The van der Waals surface area contributed by atoms with Gasteiger partial charge in [0.15, 0.2) is 5.92 Å². The van der Waals surface area contributed by atoms with Crippen molar-refractivity contribution in [1.82, 2.24) is 6.15 Å². The summed E-state index contributed by atoms with van der Waals surface area (Å²) in [6.45, 7) is 0.0175. The van der Waals surface area contributed by atoms with Gasteiger partial charge >= 0.3 is 11.9 Å². The second-order valence-corrected chi connectivity index (χ2v) is 4.15. The summed E-state index contributed by atoms with van der Waals surface area (Å²) in [5, 5.41) is -0.799. The Hall–Kier alpha value is -1.92. The largest absolute Gasteiger partial charge is 0.468 e. The molecule has 0 amide bonds. The Morgan fingerprint density at radius 2 is 1.75 bits per heavy atom. The van der Waals surface area contributed by atoms with Crippen LogP contribution in [0.15, 0.2) is 30.3 Å². The number of carbonyl (C=O) groups excluding carboxylic acids is 3. The standard InChI is InChI=1S/C13H13ClO5.H3N/c1-18-12(16)10(7-11(14)15)13(17)19-8-9-5-3-2-4-6-9;/h2-6,10H,7-8H2,1H3;1H3. The van der Waals surface area contributed by atoms with Gasteiger partial charge < -0.3 is 15.6 Å². The van der Waals surface area contributed by atoms with Crippen LogP contribution in [0.3, 0.4) is 0 Å². The summed E-state index contributed by atoms with van der Waals surface area (Å²) < 4.78 is 9.40. The molecule has 6 nitrogen and oxygen atoms in total. The average molecular weight is 302 g/mol. The van der Waals surface area contributed by atoms with Gasteiger partial charge in [0.2, 0.25) is 5.24 Å². The summed E-state index contributed by atoms with van der Waals surface area (Å²) in [7, 11) is 1.12. The summed E-state index contributed by atoms with van der Waals surface area (Å²) >= 11 is 5.18. The minimum absolute atomic E-state index is 0. The molecule has 0 radical (unpaired) electrons. The first-order valence-electron chi connectivity index (χ1n) is 5.51. The van der Waals surface area contributed by atoms with Gasteiger partial charge in [-0.15, -0.1) is 0 Å². The van der Waals surface area contributed by atoms with Crippen LogP contribution in [-0.4, -0.2) is 24.3 Å². The zero-order chi connectivity index (χ0) is 14.3. The summed E-state index contributed by atoms with van der Waals surface area (Å²) in [5.41, 5.74) is 0.775. The van der Waals surface area contributed by atoms with Gasteiger partial charge in [0.05, 0.1) is 7.11 Å². The van der Waals surface area contributed by atoms with E-state index in [4.69, 9.17) is 16.3 Å². The molecule has 110 valence electrons. The first kappa shape index (κ1) is 18.1. The molecule has 0 spiro atoms. The van der Waals surface area contributed by atoms with Crippen molar-refractivity contribution in [1.29, 1.82) is 0 Å². The molecule has 1 rings (SSSR count). The monoisotopic (exact) mass is 301 g/mol. The highest BCUT2D eigenvalue weighted by Gasteiger charge is 2.31. The van der Waals surface area contributed by atoms with E-state index in [0.29, 0.717) is 0 Å². The molecule has 0 bridgehead atoms. The van der Waals surface area contributed by atoms with Crippen LogP contribution in [-0.2, 0) is 30.5 Å². The molecule has 1 aromatic carbocycles. The molecule has 1 aromatic rings. The van der Waals surface area contributed by atoms with Crippen molar-refractivity contribution in [3.63, 3.8) is 0 Å². The van der Waals surface area contributed by atoms with Crippen LogP contribution >= 0.6 is 11.6 Å². The van der Waals surface area contributed by atoms with Crippen LogP contribution < -0.4 is 6.15 Å². The Labute approximate surface area is 121 Å². The second-order valence-electron chi connectivity index (χ2n) is 3.73. The van der Waals surface area contributed by atoms with Crippen LogP contribution in [0.2, 0.25) is 0 Å². The predicted octanol–water partition coefficient (Wildman–Crippen LogP) is 1.84. The van der Waals surface area contributed by atoms with Crippen molar-refractivity contribution >= 4 is 28.8 Å². The van der Waals surface area contributed by atoms with Gasteiger partial charge in [-0.2, -0.15) is 0 Å². The van der Waals surface area contributed by atoms with Gasteiger partial charge in [0.25, 0.3) is 0 Å². The Kier molecular flexibility index (Phi) is 8.19. The lowest BCUT2D eigenvalue weighted by atomic mass is 10.1. The van der Waals surface area contributed by atoms with Gasteiger partial charge in [0, 0.05) is 6.42 Å². The fraction of sp³-hybridized carbons (Fsp3) is 0.308. The van der Waals surface area contributed by atoms with Crippen LogP contribution in [0.25, 0.3) is 0 Å². The van der Waals surface area contributed by atoms with Crippen LogP contribution in [0.5, 0.6) is 0 Å². The van der Waals surface area contributed by atoms with Crippen molar-refractivity contribution in [2.24, 2.45) is 5.92 Å². The SMILES string of the molecule is COC(=O)C(CC(=O)Cl)C(=O)OCc1ccccc1.N. The maximum Gasteiger partial charge on any atom is 0.321 e. The minimum atomic E-state index is -1.32. The molecule has 0 aromatic heterocycles. The molecule has 0 aliphatic rings. The van der Waals surface area contributed by atoms with Crippen LogP contribution in [0.4, 0.5) is 0 Å². The Bertz CT molecular complexity index is 463. The number of halogens is 1. The van der Waals surface area contributed by atoms with E-state index in [1.54, 1.807) is 24.3 Å². The molecular weight excluding hydrogens is 286 g/mol. The third-order valence-corrected chi connectivity index (χ3v) is 2.51. The van der Waals surface area contributed by atoms with Crippen molar-refractivity contribution in [2.45, 2.75) is 13.0 Å². The summed E-state index contributed by atoms with van der Waals surface area (Å²) in [6.07, 6.45) is -0.443. The molecular formula is C13H16ClNO5. The Morgan fingerprint density at radius 1 is 1.15 bits per heavy atom. The van der Waals surface area contributed by atoms with E-state index in [9.17, 15) is 14.4 Å². The number of benzene rings is 1. The number of hydrogen-bond acceptors (Lipinski definition) is 6. The highest BCUT2D eigenvalue weighted by atomic mass is 35.5. The molecule has 7 heteroatoms. The number of hydrogen-bond donors (Lipinski definition) is 1. The van der Waals surface area contributed by atoms with Crippen LogP contribution in [0.1, 0.15) is 12.0 Å². The Balaban J connectivity index is 0.00000361. The number of rotatable bonds is 6. The van der Waals surface area contributed by atoms with Gasteiger partial charge in [-0.3, -0.25) is 14.4 Å². The third kappa shape index (κ3) is 5.81. The lowest BCUT2D eigenvalue weighted by Crippen LogP contribution is -2.28. The number of carbonyl (C=O) groups is 3. The summed E-state index contributed by atoms with van der Waals surface area (Å²) in [6, 6.07) is 8.96. The Morgan fingerprint density at radius 3 is 2.25 bits per heavy atom. The number of esters is 2. The second kappa shape index (κ2) is 9.06. The lowest BCUT2D eigenvalue weighted by Gasteiger charge is -2.12. The van der Waals surface area contributed by atoms with Crippen molar-refractivity contribution in [3.05, 3.63) is 35.9 Å². The maximum absolute atomic E-state index is 11.7. The van der Waals surface area contributed by atoms with Gasteiger partial charge in [-0.25, -0.2) is 0 Å². The average Bonchev–Trinajstić information content (AvgIpc) is 2.42. The zero-order valence-corrected chi connectivity index (χ0v) is 11.8. The molecule has 0 heterocycles. The summed E-state index contributed by atoms with van der Waals surface area (Å²) in [4.78, 5) is 33.9. The van der Waals surface area contributed by atoms with Crippen molar-refractivity contribution in [2.75, 3.05) is 7.11 Å². The quantitative estimate of drug-likeness (QED) is 0.488. The fourth-order valence-corrected chi connectivity index (χ4v) is 1.55. The highest BCUT2D eigenvalue weighted by Crippen LogP contribution is 2.12. The first-order chi connectivity index (χ1) is 9.04. The summed E-state index contributed by atoms with van der Waals surface area (Å²) in [5.74, 6) is -2.99. The van der Waals surface area contributed by atoms with E-state index < -0.39 is 29.5 Å². The molecule has 0 aliphatic heterocycles. The molecule has 0 fully saturated rings. The molecule has 0 saturated carbocycles. The van der Waals surface area contributed by atoms with Gasteiger partial charge in [-0.1, -0.05) is 30.3 Å². The maximum atomic E-state index is 11.7. The minimum Gasteiger partial charge on any atom is -0.468 e. The molecule has 3 N–H and O–H groups in total. The molecule has 0 aliphatic carbocycles. The highest BCUT2D eigenvalue weighted by molar-refractivity contribution is 6.63. The zero-order valence-electron chi connectivity index (χ0n) is 11.0. The van der Waals surface area contributed by atoms with Crippen molar-refractivity contribution < 1.29 is 23.9 Å². The molecule has 1 atom stereocenters. The normalized spacial score (nSPS) is 10.9. The lowest BCUT2D eigenvalue weighted by molar-refractivity contribution is -0.162. The van der Waals surface area contributed by atoms with E-state index in [0.717, 1.165) is 12.7 Å². The topological polar surface area (TPSA) is 105 Å². The van der Waals surface area contributed by atoms with Gasteiger partial charge in [-0.05, 0) is 17.2 Å². The van der Waals surface area contributed by atoms with E-state index in [2.05, 4.69) is 4.74 Å². The van der Waals surface area contributed by atoms with Crippen LogP contribution in [0, 0.1) is 5.92 Å². The number of ether oxygens (including phenoxy) is 2. The fourth-order valence-electron chi connectivity index (χ4n) is 1.39. The third-order valence-electron chi connectivity index (χ3n) is 2.36. The van der Waals surface area contributed by atoms with E-state index in [-0.39, 0.29) is 12.8 Å². The van der Waals surface area contributed by atoms with E-state index in [1.807, 2.05) is 6.07 Å².